The molecule has 1 aliphatic heterocycles. The van der Waals surface area contributed by atoms with Crippen LogP contribution in [0, 0.1) is 28.8 Å². The second-order valence-electron chi connectivity index (χ2n) is 8.21. The van der Waals surface area contributed by atoms with Crippen molar-refractivity contribution in [1.82, 2.24) is 4.90 Å². The van der Waals surface area contributed by atoms with E-state index in [1.165, 1.54) is 6.42 Å². The van der Waals surface area contributed by atoms with Crippen molar-refractivity contribution in [2.45, 2.75) is 51.4 Å². The molecular formula is C21H28ClF3N2O2. The Morgan fingerprint density at radius 2 is 1.59 bits per heavy atom. The lowest BCUT2D eigenvalue weighted by Crippen LogP contribution is -2.44. The lowest BCUT2D eigenvalue weighted by Gasteiger charge is -2.39. The standard InChI is InChI=1S/C21H27F3N2O2.ClH/c22-15-10-16(23)19(17(24)11-15)20(28)14-4-8-26(9-5-14)18(27)12-21(13-25)6-2-1-3-7-21;/h10-11,14H,1-9,12-13,25H2;1H. The van der Waals surface area contributed by atoms with Gasteiger partial charge >= 0.3 is 0 Å². The molecule has 0 atom stereocenters. The van der Waals surface area contributed by atoms with E-state index >= 15 is 0 Å². The molecule has 1 amide bonds. The van der Waals surface area contributed by atoms with Gasteiger partial charge in [-0.15, -0.1) is 12.4 Å². The quantitative estimate of drug-likeness (QED) is 0.707. The number of hydrogen-bond acceptors (Lipinski definition) is 3. The number of rotatable bonds is 5. The van der Waals surface area contributed by atoms with Crippen LogP contribution in [0.25, 0.3) is 0 Å². The third-order valence-electron chi connectivity index (χ3n) is 6.35. The van der Waals surface area contributed by atoms with Crippen LogP contribution in [0.4, 0.5) is 13.2 Å². The van der Waals surface area contributed by atoms with Gasteiger partial charge in [-0.1, -0.05) is 19.3 Å². The predicted molar refractivity (Wildman–Crippen MR) is 106 cm³/mol. The normalized spacial score (nSPS) is 19.5. The van der Waals surface area contributed by atoms with Crippen LogP contribution in [-0.2, 0) is 4.79 Å². The molecule has 2 fully saturated rings. The number of carbonyl (C=O) groups excluding carboxylic acids is 2. The van der Waals surface area contributed by atoms with Gasteiger partial charge in [-0.25, -0.2) is 13.2 Å². The van der Waals surface area contributed by atoms with E-state index < -0.39 is 34.7 Å². The predicted octanol–water partition coefficient (Wildman–Crippen LogP) is 4.25. The molecule has 1 saturated carbocycles. The van der Waals surface area contributed by atoms with Crippen molar-refractivity contribution < 1.29 is 22.8 Å². The fourth-order valence-corrected chi connectivity index (χ4v) is 4.56. The molecule has 1 aliphatic carbocycles. The zero-order chi connectivity index (χ0) is 20.3. The molecule has 0 spiro atoms. The molecule has 1 aromatic carbocycles. The largest absolute Gasteiger partial charge is 0.343 e. The molecule has 0 unspecified atom stereocenters. The Morgan fingerprint density at radius 1 is 1.03 bits per heavy atom. The first-order valence-corrected chi connectivity index (χ1v) is 10.0. The summed E-state index contributed by atoms with van der Waals surface area (Å²) >= 11 is 0. The molecule has 2 aliphatic rings. The van der Waals surface area contributed by atoms with E-state index in [0.717, 1.165) is 25.7 Å². The van der Waals surface area contributed by atoms with Gasteiger partial charge in [-0.3, -0.25) is 9.59 Å². The molecule has 29 heavy (non-hydrogen) atoms. The Bertz CT molecular complexity index is 722. The summed E-state index contributed by atoms with van der Waals surface area (Å²) in [5.74, 6) is -4.60. The third kappa shape index (κ3) is 5.31. The molecule has 0 radical (unpaired) electrons. The third-order valence-corrected chi connectivity index (χ3v) is 6.35. The van der Waals surface area contributed by atoms with E-state index in [1.54, 1.807) is 4.90 Å². The topological polar surface area (TPSA) is 63.4 Å². The number of piperidine rings is 1. The highest BCUT2D eigenvalue weighted by Crippen LogP contribution is 2.39. The number of nitrogens with zero attached hydrogens (tertiary/aromatic N) is 1. The van der Waals surface area contributed by atoms with Gasteiger partial charge in [0.15, 0.2) is 5.78 Å². The van der Waals surface area contributed by atoms with E-state index in [1.807, 2.05) is 0 Å². The van der Waals surface area contributed by atoms with Crippen molar-refractivity contribution in [3.63, 3.8) is 0 Å². The van der Waals surface area contributed by atoms with Crippen molar-refractivity contribution in [1.29, 1.82) is 0 Å². The Morgan fingerprint density at radius 3 is 2.10 bits per heavy atom. The maximum Gasteiger partial charge on any atom is 0.223 e. The van der Waals surface area contributed by atoms with Crippen LogP contribution in [0.1, 0.15) is 61.7 Å². The summed E-state index contributed by atoms with van der Waals surface area (Å²) in [5.41, 5.74) is 5.16. The molecule has 8 heteroatoms. The van der Waals surface area contributed by atoms with Crippen molar-refractivity contribution >= 4 is 24.1 Å². The fourth-order valence-electron chi connectivity index (χ4n) is 4.56. The highest BCUT2D eigenvalue weighted by Gasteiger charge is 2.36. The van der Waals surface area contributed by atoms with Gasteiger partial charge in [0.05, 0.1) is 5.56 Å². The van der Waals surface area contributed by atoms with E-state index in [2.05, 4.69) is 0 Å². The number of likely N-dealkylation sites (tertiary alicyclic amines) is 1. The summed E-state index contributed by atoms with van der Waals surface area (Å²) < 4.78 is 40.8. The Kier molecular flexibility index (Phi) is 8.11. The summed E-state index contributed by atoms with van der Waals surface area (Å²) in [6, 6.07) is 1.04. The lowest BCUT2D eigenvalue weighted by molar-refractivity contribution is -0.135. The van der Waals surface area contributed by atoms with E-state index in [0.29, 0.717) is 51.0 Å². The summed E-state index contributed by atoms with van der Waals surface area (Å²) in [6.07, 6.45) is 6.41. The minimum absolute atomic E-state index is 0. The van der Waals surface area contributed by atoms with Crippen LogP contribution in [-0.4, -0.2) is 36.2 Å². The van der Waals surface area contributed by atoms with Gasteiger partial charge in [0.2, 0.25) is 5.91 Å². The monoisotopic (exact) mass is 432 g/mol. The molecule has 1 saturated heterocycles. The smallest absolute Gasteiger partial charge is 0.223 e. The Labute approximate surface area is 175 Å². The molecule has 4 nitrogen and oxygen atoms in total. The number of hydrogen-bond donors (Lipinski definition) is 1. The highest BCUT2D eigenvalue weighted by atomic mass is 35.5. The average Bonchev–Trinajstić information content (AvgIpc) is 2.68. The molecule has 3 rings (SSSR count). The van der Waals surface area contributed by atoms with E-state index in [9.17, 15) is 22.8 Å². The fraction of sp³-hybridized carbons (Fsp3) is 0.619. The molecule has 1 aromatic rings. The molecule has 1 heterocycles. The first-order valence-electron chi connectivity index (χ1n) is 10.0. The molecule has 0 bridgehead atoms. The maximum atomic E-state index is 13.9. The molecule has 0 aromatic heterocycles. The van der Waals surface area contributed by atoms with Gasteiger partial charge < -0.3 is 10.6 Å². The number of halogens is 4. The second kappa shape index (κ2) is 9.94. The summed E-state index contributed by atoms with van der Waals surface area (Å²) in [4.78, 5) is 27.0. The summed E-state index contributed by atoms with van der Waals surface area (Å²) in [6.45, 7) is 1.25. The maximum absolute atomic E-state index is 13.9. The number of nitrogens with two attached hydrogens (primary N) is 1. The Balaban J connectivity index is 0.00000300. The van der Waals surface area contributed by atoms with Crippen molar-refractivity contribution in [2.24, 2.45) is 17.1 Å². The van der Waals surface area contributed by atoms with Gasteiger partial charge in [-0.2, -0.15) is 0 Å². The van der Waals surface area contributed by atoms with Crippen LogP contribution in [0.3, 0.4) is 0 Å². The van der Waals surface area contributed by atoms with Gasteiger partial charge in [0.25, 0.3) is 0 Å². The van der Waals surface area contributed by atoms with Crippen LogP contribution < -0.4 is 5.73 Å². The summed E-state index contributed by atoms with van der Waals surface area (Å²) in [7, 11) is 0. The number of benzene rings is 1. The van der Waals surface area contributed by atoms with Crippen LogP contribution in [0.15, 0.2) is 12.1 Å². The first-order chi connectivity index (χ1) is 13.3. The Hall–Kier alpha value is -1.60. The number of Topliss-reactive ketones (excluding diaryl/α,β-unsaturated/α-hetero) is 1. The summed E-state index contributed by atoms with van der Waals surface area (Å²) in [5, 5.41) is 0. The number of ketones is 1. The van der Waals surface area contributed by atoms with Crippen LogP contribution in [0.5, 0.6) is 0 Å². The number of carbonyl (C=O) groups is 2. The highest BCUT2D eigenvalue weighted by molar-refractivity contribution is 5.98. The second-order valence-corrected chi connectivity index (χ2v) is 8.21. The lowest BCUT2D eigenvalue weighted by atomic mass is 9.71. The van der Waals surface area contributed by atoms with Crippen LogP contribution in [0.2, 0.25) is 0 Å². The number of amides is 1. The molecular weight excluding hydrogens is 405 g/mol. The van der Waals surface area contributed by atoms with Crippen molar-refractivity contribution in [3.05, 3.63) is 35.1 Å². The van der Waals surface area contributed by atoms with Gasteiger partial charge in [0.1, 0.15) is 17.5 Å². The van der Waals surface area contributed by atoms with Gasteiger partial charge in [0, 0.05) is 37.6 Å². The van der Waals surface area contributed by atoms with Crippen molar-refractivity contribution in [3.8, 4) is 0 Å². The minimum Gasteiger partial charge on any atom is -0.343 e. The zero-order valence-electron chi connectivity index (χ0n) is 16.4. The van der Waals surface area contributed by atoms with E-state index in [4.69, 9.17) is 5.73 Å². The van der Waals surface area contributed by atoms with E-state index in [-0.39, 0.29) is 23.7 Å². The molecule has 2 N–H and O–H groups in total. The minimum atomic E-state index is -1.18. The average molecular weight is 433 g/mol. The first kappa shape index (κ1) is 23.7. The van der Waals surface area contributed by atoms with Crippen LogP contribution >= 0.6 is 12.4 Å². The molecule has 162 valence electrons. The van der Waals surface area contributed by atoms with Crippen molar-refractivity contribution in [2.75, 3.05) is 19.6 Å². The zero-order valence-corrected chi connectivity index (χ0v) is 17.2. The SMILES string of the molecule is Cl.NCC1(CC(=O)N2CCC(C(=O)c3c(F)cc(F)cc3F)CC2)CCCCC1. The van der Waals surface area contributed by atoms with Gasteiger partial charge in [-0.05, 0) is 37.6 Å².